The van der Waals surface area contributed by atoms with E-state index in [1.54, 1.807) is 0 Å². The molecule has 0 aromatic heterocycles. The monoisotopic (exact) mass is 362 g/mol. The molecule has 0 radical (unpaired) electrons. The molecule has 0 saturated carbocycles. The van der Waals surface area contributed by atoms with E-state index in [-0.39, 0.29) is 19.4 Å². The summed E-state index contributed by atoms with van der Waals surface area (Å²) in [5, 5.41) is 8.32. The maximum absolute atomic E-state index is 11.4. The van der Waals surface area contributed by atoms with Gasteiger partial charge in [0.25, 0.3) is 5.08 Å². The molecule has 1 amide bonds. The van der Waals surface area contributed by atoms with Gasteiger partial charge in [-0.05, 0) is 13.3 Å². The minimum Gasteiger partial charge on any atom is -0.368 e. The van der Waals surface area contributed by atoms with E-state index < -0.39 is 44.4 Å². The van der Waals surface area contributed by atoms with Crippen molar-refractivity contribution in [2.45, 2.75) is 37.3 Å². The van der Waals surface area contributed by atoms with Crippen LogP contribution in [0.1, 0.15) is 26.2 Å². The molecule has 0 saturated heterocycles. The van der Waals surface area contributed by atoms with Gasteiger partial charge in [0.05, 0.1) is 6.04 Å². The van der Waals surface area contributed by atoms with Crippen molar-refractivity contribution in [3.63, 3.8) is 0 Å². The highest BCUT2D eigenvalue weighted by atomic mass is 31.2. The van der Waals surface area contributed by atoms with Crippen molar-refractivity contribution < 1.29 is 43.4 Å². The van der Waals surface area contributed by atoms with Gasteiger partial charge in [-0.1, -0.05) is 0 Å². The highest BCUT2D eigenvalue weighted by Gasteiger charge is 2.58. The maximum atomic E-state index is 11.4. The molecular weight excluding hydrogens is 342 g/mol. The van der Waals surface area contributed by atoms with Gasteiger partial charge in [0.15, 0.2) is 0 Å². The third-order valence-corrected chi connectivity index (χ3v) is 6.75. The number of aliphatic hydroxyl groups is 1. The minimum atomic E-state index is -5.49. The Labute approximate surface area is 126 Å². The van der Waals surface area contributed by atoms with E-state index in [1.165, 1.54) is 6.92 Å². The van der Waals surface area contributed by atoms with Crippen LogP contribution in [-0.2, 0) is 18.7 Å². The van der Waals surface area contributed by atoms with Crippen LogP contribution in [0.3, 0.4) is 0 Å². The van der Waals surface area contributed by atoms with Gasteiger partial charge in [-0.3, -0.25) is 18.7 Å². The zero-order valence-corrected chi connectivity index (χ0v) is 13.5. The predicted octanol–water partition coefficient (Wildman–Crippen LogP) is -1.81. The number of nitrogens with two attached hydrogens (primary N) is 1. The number of Topliss-reactive ketones (excluding diaryl/α,β-unsaturated/α-hetero) is 1. The SMILES string of the molecule is CC(=O)C(N)CC(=O)NCCCC(O)(P(=O)(O)O)P(=O)(O)O. The first-order valence-corrected chi connectivity index (χ1v) is 9.31. The smallest absolute Gasteiger partial charge is 0.368 e. The molecule has 11 nitrogen and oxygen atoms in total. The first kappa shape index (κ1) is 21.4. The lowest BCUT2D eigenvalue weighted by Gasteiger charge is -2.29. The van der Waals surface area contributed by atoms with Gasteiger partial charge in [0.1, 0.15) is 5.78 Å². The van der Waals surface area contributed by atoms with Gasteiger partial charge < -0.3 is 35.7 Å². The first-order valence-electron chi connectivity index (χ1n) is 6.09. The van der Waals surface area contributed by atoms with E-state index in [0.717, 1.165) is 0 Å². The topological polar surface area (TPSA) is 207 Å². The lowest BCUT2D eigenvalue weighted by molar-refractivity contribution is -0.125. The van der Waals surface area contributed by atoms with E-state index in [4.69, 9.17) is 25.3 Å². The first-order chi connectivity index (χ1) is 9.72. The fraction of sp³-hybridized carbons (Fsp3) is 0.778. The van der Waals surface area contributed by atoms with Gasteiger partial charge in [0.2, 0.25) is 5.91 Å². The highest BCUT2D eigenvalue weighted by molar-refractivity contribution is 7.72. The van der Waals surface area contributed by atoms with Crippen LogP contribution in [0.4, 0.5) is 0 Å². The van der Waals surface area contributed by atoms with E-state index in [2.05, 4.69) is 5.32 Å². The molecule has 0 spiro atoms. The Hall–Kier alpha value is -0.640. The summed E-state index contributed by atoms with van der Waals surface area (Å²) in [4.78, 5) is 57.8. The lowest BCUT2D eigenvalue weighted by Crippen LogP contribution is -2.37. The quantitative estimate of drug-likeness (QED) is 0.181. The number of carbonyl (C=O) groups excluding carboxylic acids is 2. The van der Waals surface area contributed by atoms with Crippen LogP contribution in [0, 0.1) is 0 Å². The van der Waals surface area contributed by atoms with Crippen molar-refractivity contribution >= 4 is 26.9 Å². The summed E-state index contributed by atoms with van der Waals surface area (Å²) in [6.07, 6.45) is -1.54. The number of carbonyl (C=O) groups is 2. The molecule has 0 aromatic carbocycles. The summed E-state index contributed by atoms with van der Waals surface area (Å²) in [5.74, 6) is -1.01. The fourth-order valence-electron chi connectivity index (χ4n) is 1.43. The zero-order chi connectivity index (χ0) is 17.8. The van der Waals surface area contributed by atoms with Crippen LogP contribution in [0.25, 0.3) is 0 Å². The van der Waals surface area contributed by atoms with Crippen molar-refractivity contribution in [3.8, 4) is 0 Å². The Morgan fingerprint density at radius 2 is 1.64 bits per heavy atom. The molecule has 0 rings (SSSR count). The van der Waals surface area contributed by atoms with Gasteiger partial charge in [-0.15, -0.1) is 0 Å². The molecule has 22 heavy (non-hydrogen) atoms. The molecule has 0 fully saturated rings. The van der Waals surface area contributed by atoms with E-state index in [0.29, 0.717) is 0 Å². The number of hydrogen-bond donors (Lipinski definition) is 7. The molecule has 0 aliphatic heterocycles. The normalized spacial score (nSPS) is 14.5. The Balaban J connectivity index is 4.51. The third-order valence-electron chi connectivity index (χ3n) is 2.87. The molecular formula is C9H20N2O9P2. The molecule has 0 heterocycles. The Morgan fingerprint density at radius 3 is 2.00 bits per heavy atom. The average Bonchev–Trinajstić information content (AvgIpc) is 2.31. The van der Waals surface area contributed by atoms with Crippen molar-refractivity contribution in [2.75, 3.05) is 6.54 Å². The summed E-state index contributed by atoms with van der Waals surface area (Å²) in [5.41, 5.74) is 5.35. The largest absolute Gasteiger partial charge is 0.369 e. The van der Waals surface area contributed by atoms with Gasteiger partial charge in [-0.2, -0.15) is 0 Å². The van der Waals surface area contributed by atoms with E-state index in [1.807, 2.05) is 0 Å². The summed E-state index contributed by atoms with van der Waals surface area (Å²) < 4.78 is 22.1. The number of nitrogens with one attached hydrogen (secondary N) is 1. The van der Waals surface area contributed by atoms with Crippen LogP contribution in [0.2, 0.25) is 0 Å². The summed E-state index contributed by atoms with van der Waals surface area (Å²) in [6.45, 7) is 0.990. The molecule has 1 atom stereocenters. The van der Waals surface area contributed by atoms with Crippen LogP contribution >= 0.6 is 15.2 Å². The second-order valence-electron chi connectivity index (χ2n) is 4.74. The number of rotatable bonds is 9. The Morgan fingerprint density at radius 1 is 1.18 bits per heavy atom. The predicted molar refractivity (Wildman–Crippen MR) is 74.6 cm³/mol. The maximum Gasteiger partial charge on any atom is 0.369 e. The molecule has 0 aliphatic carbocycles. The lowest BCUT2D eigenvalue weighted by atomic mass is 10.1. The van der Waals surface area contributed by atoms with Crippen molar-refractivity contribution in [2.24, 2.45) is 5.73 Å². The molecule has 13 heteroatoms. The third kappa shape index (κ3) is 5.86. The highest BCUT2D eigenvalue weighted by Crippen LogP contribution is 2.69. The zero-order valence-electron chi connectivity index (χ0n) is 11.7. The van der Waals surface area contributed by atoms with Crippen molar-refractivity contribution in [1.29, 1.82) is 0 Å². The second-order valence-corrected chi connectivity index (χ2v) is 8.75. The van der Waals surface area contributed by atoms with Crippen LogP contribution < -0.4 is 11.1 Å². The van der Waals surface area contributed by atoms with Crippen LogP contribution in [0.5, 0.6) is 0 Å². The second kappa shape index (κ2) is 7.76. The van der Waals surface area contributed by atoms with E-state index in [9.17, 15) is 23.8 Å². The van der Waals surface area contributed by atoms with E-state index >= 15 is 0 Å². The molecule has 0 aliphatic rings. The van der Waals surface area contributed by atoms with Gasteiger partial charge in [-0.25, -0.2) is 0 Å². The van der Waals surface area contributed by atoms with Gasteiger partial charge >= 0.3 is 15.2 Å². The van der Waals surface area contributed by atoms with Gasteiger partial charge in [0, 0.05) is 19.4 Å². The molecule has 0 bridgehead atoms. The molecule has 0 aromatic rings. The van der Waals surface area contributed by atoms with Crippen LogP contribution in [0.15, 0.2) is 0 Å². The molecule has 8 N–H and O–H groups in total. The summed E-state index contributed by atoms with van der Waals surface area (Å²) in [7, 11) is -11.0. The number of amides is 1. The standard InChI is InChI=1S/C9H20N2O9P2/c1-6(12)7(10)5-8(13)11-4-2-3-9(14,21(15,16)17)22(18,19)20/h7,14H,2-5,10H2,1H3,(H,11,13)(H2,15,16,17)(H2,18,19,20). The number of hydrogen-bond acceptors (Lipinski definition) is 6. The fourth-order valence-corrected chi connectivity index (χ4v) is 3.69. The molecule has 1 unspecified atom stereocenters. The summed E-state index contributed by atoms with van der Waals surface area (Å²) in [6, 6.07) is -0.984. The van der Waals surface area contributed by atoms with Crippen LogP contribution in [-0.4, -0.2) is 54.0 Å². The van der Waals surface area contributed by atoms with Crippen molar-refractivity contribution in [3.05, 3.63) is 0 Å². The average molecular weight is 362 g/mol. The van der Waals surface area contributed by atoms with Crippen molar-refractivity contribution in [1.82, 2.24) is 5.32 Å². The molecule has 130 valence electrons. The Kier molecular flexibility index (Phi) is 7.53. The summed E-state index contributed by atoms with van der Waals surface area (Å²) >= 11 is 0. The number of ketones is 1. The minimum absolute atomic E-state index is 0.216. The Bertz CT molecular complexity index is 489.